The average Bonchev–Trinajstić information content (AvgIpc) is 2.88. The van der Waals surface area contributed by atoms with Gasteiger partial charge >= 0.3 is 0 Å². The maximum absolute atomic E-state index is 5.66. The van der Waals surface area contributed by atoms with Crippen LogP contribution < -0.4 is 10.7 Å². The first-order chi connectivity index (χ1) is 9.19. The molecule has 0 radical (unpaired) electrons. The molecule has 0 aliphatic carbocycles. The van der Waals surface area contributed by atoms with Gasteiger partial charge in [-0.3, -0.25) is 5.43 Å². The van der Waals surface area contributed by atoms with Crippen molar-refractivity contribution in [1.29, 1.82) is 0 Å². The van der Waals surface area contributed by atoms with Gasteiger partial charge in [-0.15, -0.1) is 0 Å². The molecule has 0 amide bonds. The average molecular weight is 338 g/mol. The first-order valence-corrected chi connectivity index (χ1v) is 6.76. The summed E-state index contributed by atoms with van der Waals surface area (Å²) in [6, 6.07) is 11.7. The maximum Gasteiger partial charge on any atom is 0.186 e. The van der Waals surface area contributed by atoms with Crippen LogP contribution >= 0.6 is 28.1 Å². The van der Waals surface area contributed by atoms with Crippen LogP contribution in [-0.2, 0) is 0 Å². The number of rotatable bonds is 3. The van der Waals surface area contributed by atoms with Crippen molar-refractivity contribution in [2.24, 2.45) is 5.10 Å². The first-order valence-electron chi connectivity index (χ1n) is 5.55. The van der Waals surface area contributed by atoms with Crippen LogP contribution in [0.5, 0.6) is 0 Å². The lowest BCUT2D eigenvalue weighted by atomic mass is 10.2. The van der Waals surface area contributed by atoms with Gasteiger partial charge in [0.2, 0.25) is 0 Å². The Labute approximate surface area is 125 Å². The summed E-state index contributed by atoms with van der Waals surface area (Å²) in [5, 5.41) is 7.17. The molecule has 0 unspecified atom stereocenters. The van der Waals surface area contributed by atoms with E-state index in [1.807, 2.05) is 36.4 Å². The van der Waals surface area contributed by atoms with Crippen LogP contribution in [0.15, 0.2) is 50.4 Å². The van der Waals surface area contributed by atoms with Crippen molar-refractivity contribution in [2.45, 2.75) is 0 Å². The molecule has 2 N–H and O–H groups in total. The second-order valence-electron chi connectivity index (χ2n) is 3.66. The maximum atomic E-state index is 5.66. The van der Waals surface area contributed by atoms with Crippen molar-refractivity contribution in [3.05, 3.63) is 46.6 Å². The molecule has 1 aromatic heterocycles. The fourth-order valence-electron chi connectivity index (χ4n) is 1.40. The molecule has 0 bridgehead atoms. The predicted molar refractivity (Wildman–Crippen MR) is 84.2 cm³/mol. The highest BCUT2D eigenvalue weighted by Gasteiger charge is 2.03. The van der Waals surface area contributed by atoms with Gasteiger partial charge in [-0.25, -0.2) is 0 Å². The molecule has 19 heavy (non-hydrogen) atoms. The van der Waals surface area contributed by atoms with Crippen LogP contribution in [0, 0.1) is 0 Å². The normalized spacial score (nSPS) is 10.6. The summed E-state index contributed by atoms with van der Waals surface area (Å²) in [6.45, 7) is 0. The fourth-order valence-corrected chi connectivity index (χ4v) is 1.72. The number of hydrogen-bond acceptors (Lipinski definition) is 3. The van der Waals surface area contributed by atoms with Crippen molar-refractivity contribution in [3.63, 3.8) is 0 Å². The molecule has 4 nitrogen and oxygen atoms in total. The highest BCUT2D eigenvalue weighted by Crippen LogP contribution is 2.23. The molecule has 0 atom stereocenters. The minimum Gasteiger partial charge on any atom is -0.455 e. The third kappa shape index (κ3) is 3.90. The van der Waals surface area contributed by atoms with E-state index in [0.717, 1.165) is 15.8 Å². The molecular weight excluding hydrogens is 326 g/mol. The largest absolute Gasteiger partial charge is 0.455 e. The van der Waals surface area contributed by atoms with Gasteiger partial charge in [0.25, 0.3) is 0 Å². The van der Waals surface area contributed by atoms with E-state index in [1.54, 1.807) is 13.3 Å². The molecule has 0 aliphatic rings. The second-order valence-corrected chi connectivity index (χ2v) is 4.98. The highest BCUT2D eigenvalue weighted by atomic mass is 79.9. The Morgan fingerprint density at radius 2 is 2.00 bits per heavy atom. The lowest BCUT2D eigenvalue weighted by Crippen LogP contribution is -2.28. The minimum atomic E-state index is 0.455. The Morgan fingerprint density at radius 3 is 2.68 bits per heavy atom. The Bertz CT molecular complexity index is 592. The topological polar surface area (TPSA) is 49.6 Å². The molecule has 0 fully saturated rings. The quantitative estimate of drug-likeness (QED) is 0.513. The van der Waals surface area contributed by atoms with E-state index < -0.39 is 0 Å². The van der Waals surface area contributed by atoms with Gasteiger partial charge in [-0.1, -0.05) is 28.1 Å². The molecule has 2 aromatic rings. The number of nitrogens with one attached hydrogen (secondary N) is 2. The number of thiocarbonyl (C=S) groups is 1. The van der Waals surface area contributed by atoms with E-state index in [2.05, 4.69) is 31.8 Å². The van der Waals surface area contributed by atoms with E-state index in [9.17, 15) is 0 Å². The number of benzene rings is 1. The number of hydrazone groups is 1. The van der Waals surface area contributed by atoms with Crippen molar-refractivity contribution < 1.29 is 4.42 Å². The summed E-state index contributed by atoms with van der Waals surface area (Å²) in [7, 11) is 1.73. The molecular formula is C13H12BrN3OS. The van der Waals surface area contributed by atoms with Gasteiger partial charge in [0.1, 0.15) is 11.5 Å². The Hall–Kier alpha value is -1.66. The Balaban J connectivity index is 2.06. The molecule has 1 heterocycles. The Kier molecular flexibility index (Phi) is 4.70. The molecule has 6 heteroatoms. The van der Waals surface area contributed by atoms with E-state index in [0.29, 0.717) is 10.9 Å². The Morgan fingerprint density at radius 1 is 1.26 bits per heavy atom. The van der Waals surface area contributed by atoms with Gasteiger partial charge in [0, 0.05) is 17.1 Å². The summed E-state index contributed by atoms with van der Waals surface area (Å²) in [5.41, 5.74) is 3.68. The van der Waals surface area contributed by atoms with Crippen LogP contribution in [0.4, 0.5) is 0 Å². The van der Waals surface area contributed by atoms with Gasteiger partial charge in [0.15, 0.2) is 5.11 Å². The van der Waals surface area contributed by atoms with Crippen molar-refractivity contribution >= 4 is 39.5 Å². The summed E-state index contributed by atoms with van der Waals surface area (Å²) in [5.74, 6) is 1.45. The smallest absolute Gasteiger partial charge is 0.186 e. The monoisotopic (exact) mass is 337 g/mol. The van der Waals surface area contributed by atoms with Crippen LogP contribution in [0.25, 0.3) is 11.3 Å². The zero-order valence-electron chi connectivity index (χ0n) is 10.2. The molecule has 0 spiro atoms. The molecule has 1 aromatic carbocycles. The molecule has 0 aliphatic heterocycles. The van der Waals surface area contributed by atoms with Gasteiger partial charge in [0.05, 0.1) is 6.21 Å². The van der Waals surface area contributed by atoms with Gasteiger partial charge in [-0.05, 0) is 36.5 Å². The number of furan rings is 1. The summed E-state index contributed by atoms with van der Waals surface area (Å²) in [4.78, 5) is 0. The molecule has 98 valence electrons. The van der Waals surface area contributed by atoms with Crippen LogP contribution in [-0.4, -0.2) is 18.4 Å². The van der Waals surface area contributed by atoms with E-state index in [-0.39, 0.29) is 0 Å². The minimum absolute atomic E-state index is 0.455. The number of nitrogens with zero attached hydrogens (tertiary/aromatic N) is 1. The summed E-state index contributed by atoms with van der Waals surface area (Å²) < 4.78 is 6.69. The second kappa shape index (κ2) is 6.49. The lowest BCUT2D eigenvalue weighted by molar-refractivity contribution is 0.574. The van der Waals surface area contributed by atoms with Crippen LogP contribution in [0.1, 0.15) is 5.76 Å². The van der Waals surface area contributed by atoms with Gasteiger partial charge < -0.3 is 9.73 Å². The zero-order chi connectivity index (χ0) is 13.7. The zero-order valence-corrected chi connectivity index (χ0v) is 12.6. The predicted octanol–water partition coefficient (Wildman–Crippen LogP) is 3.14. The molecule has 0 saturated carbocycles. The highest BCUT2D eigenvalue weighted by molar-refractivity contribution is 9.10. The van der Waals surface area contributed by atoms with E-state index in [4.69, 9.17) is 16.6 Å². The van der Waals surface area contributed by atoms with E-state index >= 15 is 0 Å². The lowest BCUT2D eigenvalue weighted by Gasteiger charge is -1.98. The van der Waals surface area contributed by atoms with Crippen molar-refractivity contribution in [1.82, 2.24) is 10.7 Å². The van der Waals surface area contributed by atoms with Crippen LogP contribution in [0.2, 0.25) is 0 Å². The SMILES string of the molecule is CNC(=S)N/N=C\c1ccc(-c2ccc(Br)cc2)o1. The van der Waals surface area contributed by atoms with Crippen LogP contribution in [0.3, 0.4) is 0 Å². The molecule has 0 saturated heterocycles. The van der Waals surface area contributed by atoms with Gasteiger partial charge in [-0.2, -0.15) is 5.10 Å². The summed E-state index contributed by atoms with van der Waals surface area (Å²) in [6.07, 6.45) is 1.58. The summed E-state index contributed by atoms with van der Waals surface area (Å²) >= 11 is 8.29. The van der Waals surface area contributed by atoms with E-state index in [1.165, 1.54) is 0 Å². The first kappa shape index (κ1) is 13.8. The number of halogens is 1. The van der Waals surface area contributed by atoms with Crippen molar-refractivity contribution in [3.8, 4) is 11.3 Å². The molecule has 2 rings (SSSR count). The number of hydrogen-bond donors (Lipinski definition) is 2. The fraction of sp³-hybridized carbons (Fsp3) is 0.0769. The third-order valence-electron chi connectivity index (χ3n) is 2.34. The standard InChI is InChI=1S/C13H12BrN3OS/c1-15-13(19)17-16-8-11-6-7-12(18-11)9-2-4-10(14)5-3-9/h2-8H,1H3,(H2,15,17,19)/b16-8-. The van der Waals surface area contributed by atoms with Crippen molar-refractivity contribution in [2.75, 3.05) is 7.05 Å². The third-order valence-corrected chi connectivity index (χ3v) is 3.16.